The number of benzene rings is 2. The largest absolute Gasteiger partial charge is 0.506 e. The smallest absolute Gasteiger partial charge is 0.343 e. The standard InChI is InChI=1S/C19H15F3N2O5/c1-3-29-19(26)12(9-23-11-7-5-4-6-8-11)18(25)13-14(20)10(2)15(21)16(22)17(13)24(27)28/h4-9,25H,3H2,1-2H3. The number of esters is 1. The summed E-state index contributed by atoms with van der Waals surface area (Å²) in [4.78, 5) is 25.9. The third-order valence-corrected chi connectivity index (χ3v) is 3.78. The van der Waals surface area contributed by atoms with E-state index in [1.165, 1.54) is 6.92 Å². The van der Waals surface area contributed by atoms with Crippen molar-refractivity contribution in [1.82, 2.24) is 0 Å². The Morgan fingerprint density at radius 2 is 1.83 bits per heavy atom. The zero-order valence-corrected chi connectivity index (χ0v) is 15.3. The number of nitrogens with zero attached hydrogens (tertiary/aromatic N) is 2. The quantitative estimate of drug-likeness (QED) is 0.144. The Morgan fingerprint density at radius 3 is 2.38 bits per heavy atom. The maximum absolute atomic E-state index is 14.6. The number of nitro groups is 1. The van der Waals surface area contributed by atoms with Crippen molar-refractivity contribution in [2.75, 3.05) is 6.61 Å². The summed E-state index contributed by atoms with van der Waals surface area (Å²) < 4.78 is 47.2. The topological polar surface area (TPSA) is 102 Å². The number of carbonyl (C=O) groups is 1. The number of carbonyl (C=O) groups excluding carboxylic acids is 1. The summed E-state index contributed by atoms with van der Waals surface area (Å²) >= 11 is 0. The van der Waals surface area contributed by atoms with E-state index in [-0.39, 0.29) is 6.61 Å². The Labute approximate surface area is 162 Å². The number of rotatable bonds is 6. The van der Waals surface area contributed by atoms with Gasteiger partial charge in [-0.2, -0.15) is 4.39 Å². The van der Waals surface area contributed by atoms with Gasteiger partial charge in [0.05, 0.1) is 17.2 Å². The summed E-state index contributed by atoms with van der Waals surface area (Å²) in [6.45, 7) is 2.14. The van der Waals surface area contributed by atoms with Gasteiger partial charge in [0.1, 0.15) is 22.7 Å². The number of ether oxygens (including phenoxy) is 1. The number of halogens is 3. The molecule has 0 amide bonds. The minimum Gasteiger partial charge on any atom is -0.506 e. The molecule has 0 saturated carbocycles. The van der Waals surface area contributed by atoms with Gasteiger partial charge in [-0.1, -0.05) is 18.2 Å². The molecular weight excluding hydrogens is 393 g/mol. The summed E-state index contributed by atoms with van der Waals surface area (Å²) in [5, 5.41) is 21.7. The van der Waals surface area contributed by atoms with E-state index >= 15 is 0 Å². The number of hydrogen-bond acceptors (Lipinski definition) is 6. The first-order chi connectivity index (χ1) is 13.7. The molecule has 2 aromatic rings. The van der Waals surface area contributed by atoms with Crippen LogP contribution in [0.4, 0.5) is 24.5 Å². The van der Waals surface area contributed by atoms with E-state index in [0.29, 0.717) is 5.69 Å². The number of nitro benzene ring substituents is 1. The van der Waals surface area contributed by atoms with Crippen LogP contribution in [0.3, 0.4) is 0 Å². The van der Waals surface area contributed by atoms with Crippen molar-refractivity contribution < 1.29 is 32.7 Å². The van der Waals surface area contributed by atoms with Crippen molar-refractivity contribution >= 4 is 29.3 Å². The lowest BCUT2D eigenvalue weighted by Gasteiger charge is -2.11. The molecule has 2 aromatic carbocycles. The second-order valence-corrected chi connectivity index (χ2v) is 5.62. The lowest BCUT2D eigenvalue weighted by molar-refractivity contribution is -0.388. The second-order valence-electron chi connectivity index (χ2n) is 5.62. The normalized spacial score (nSPS) is 12.0. The number of aliphatic hydroxyl groups excluding tert-OH is 1. The Bertz CT molecular complexity index is 1020. The van der Waals surface area contributed by atoms with Gasteiger partial charge in [-0.05, 0) is 26.0 Å². The van der Waals surface area contributed by atoms with E-state index in [0.717, 1.165) is 13.1 Å². The molecule has 0 bridgehead atoms. The first-order valence-corrected chi connectivity index (χ1v) is 8.21. The molecule has 0 unspecified atom stereocenters. The predicted molar refractivity (Wildman–Crippen MR) is 98.5 cm³/mol. The van der Waals surface area contributed by atoms with Crippen LogP contribution in [0.2, 0.25) is 0 Å². The van der Waals surface area contributed by atoms with E-state index in [1.54, 1.807) is 30.3 Å². The summed E-state index contributed by atoms with van der Waals surface area (Å²) in [6, 6.07) is 8.04. The van der Waals surface area contributed by atoms with Gasteiger partial charge in [0.2, 0.25) is 5.82 Å². The van der Waals surface area contributed by atoms with Gasteiger partial charge in [0.15, 0.2) is 5.82 Å². The number of hydrogen-bond donors (Lipinski definition) is 1. The van der Waals surface area contributed by atoms with Crippen LogP contribution in [0, 0.1) is 34.5 Å². The molecular formula is C19H15F3N2O5. The number of para-hydroxylation sites is 1. The van der Waals surface area contributed by atoms with Crippen LogP contribution in [0.15, 0.2) is 40.9 Å². The first kappa shape index (κ1) is 21.6. The van der Waals surface area contributed by atoms with E-state index in [4.69, 9.17) is 4.74 Å². The van der Waals surface area contributed by atoms with Crippen LogP contribution >= 0.6 is 0 Å². The molecule has 0 spiro atoms. The molecule has 0 heterocycles. The van der Waals surface area contributed by atoms with E-state index < -0.39 is 56.5 Å². The van der Waals surface area contributed by atoms with Gasteiger partial charge in [-0.15, -0.1) is 0 Å². The fraction of sp³-hybridized carbons (Fsp3) is 0.158. The fourth-order valence-electron chi connectivity index (χ4n) is 2.36. The summed E-state index contributed by atoms with van der Waals surface area (Å²) in [5.41, 5.74) is -4.29. The molecule has 0 aliphatic carbocycles. The average Bonchev–Trinajstić information content (AvgIpc) is 2.69. The molecule has 0 saturated heterocycles. The predicted octanol–water partition coefficient (Wildman–Crippen LogP) is 4.56. The average molecular weight is 408 g/mol. The molecule has 2 rings (SSSR count). The van der Waals surface area contributed by atoms with Crippen molar-refractivity contribution in [1.29, 1.82) is 0 Å². The highest BCUT2D eigenvalue weighted by molar-refractivity contribution is 6.15. The lowest BCUT2D eigenvalue weighted by atomic mass is 10.0. The maximum atomic E-state index is 14.6. The maximum Gasteiger partial charge on any atom is 0.343 e. The summed E-state index contributed by atoms with van der Waals surface area (Å²) in [6.07, 6.45) is 0.794. The van der Waals surface area contributed by atoms with Gasteiger partial charge >= 0.3 is 11.7 Å². The Morgan fingerprint density at radius 1 is 1.21 bits per heavy atom. The zero-order chi connectivity index (χ0) is 21.7. The summed E-state index contributed by atoms with van der Waals surface area (Å²) in [5.74, 6) is -7.85. The summed E-state index contributed by atoms with van der Waals surface area (Å²) in [7, 11) is 0. The Hall–Kier alpha value is -3.69. The van der Waals surface area contributed by atoms with E-state index in [9.17, 15) is 33.2 Å². The third-order valence-electron chi connectivity index (χ3n) is 3.78. The van der Waals surface area contributed by atoms with Gasteiger partial charge in [-0.3, -0.25) is 15.1 Å². The van der Waals surface area contributed by atoms with Crippen LogP contribution in [-0.4, -0.2) is 28.8 Å². The molecule has 152 valence electrons. The molecule has 0 aromatic heterocycles. The van der Waals surface area contributed by atoms with Gasteiger partial charge < -0.3 is 9.84 Å². The van der Waals surface area contributed by atoms with Crippen LogP contribution in [0.25, 0.3) is 5.76 Å². The second kappa shape index (κ2) is 9.00. The molecule has 7 nitrogen and oxygen atoms in total. The third kappa shape index (κ3) is 4.42. The van der Waals surface area contributed by atoms with E-state index in [2.05, 4.69) is 4.99 Å². The SMILES string of the molecule is CCOC(=O)C(C=Nc1ccccc1)=C(O)c1c(F)c(C)c(F)c(F)c1[N+](=O)[O-]. The highest BCUT2D eigenvalue weighted by Crippen LogP contribution is 2.35. The van der Waals surface area contributed by atoms with Crippen LogP contribution in [-0.2, 0) is 9.53 Å². The highest BCUT2D eigenvalue weighted by Gasteiger charge is 2.35. The minimum atomic E-state index is -1.97. The van der Waals surface area contributed by atoms with Crippen LogP contribution in [0.1, 0.15) is 18.1 Å². The monoisotopic (exact) mass is 408 g/mol. The molecule has 0 aliphatic heterocycles. The Balaban J connectivity index is 2.80. The molecule has 29 heavy (non-hydrogen) atoms. The Kier molecular flexibility index (Phi) is 6.71. The molecule has 10 heteroatoms. The van der Waals surface area contributed by atoms with Crippen molar-refractivity contribution in [3.63, 3.8) is 0 Å². The fourth-order valence-corrected chi connectivity index (χ4v) is 2.36. The zero-order valence-electron chi connectivity index (χ0n) is 15.3. The molecule has 1 N–H and O–H groups in total. The van der Waals surface area contributed by atoms with Gasteiger partial charge in [-0.25, -0.2) is 13.6 Å². The van der Waals surface area contributed by atoms with Crippen molar-refractivity contribution in [3.8, 4) is 0 Å². The molecule has 0 fully saturated rings. The first-order valence-electron chi connectivity index (χ1n) is 8.21. The molecule has 0 aliphatic rings. The minimum absolute atomic E-state index is 0.143. The highest BCUT2D eigenvalue weighted by atomic mass is 19.2. The van der Waals surface area contributed by atoms with Crippen molar-refractivity contribution in [2.24, 2.45) is 4.99 Å². The van der Waals surface area contributed by atoms with Gasteiger partial charge in [0.25, 0.3) is 0 Å². The lowest BCUT2D eigenvalue weighted by Crippen LogP contribution is -2.14. The van der Waals surface area contributed by atoms with Crippen LogP contribution in [0.5, 0.6) is 0 Å². The number of aliphatic imine (C=N–C) groups is 1. The molecule has 0 radical (unpaired) electrons. The molecule has 0 atom stereocenters. The van der Waals surface area contributed by atoms with E-state index in [1.807, 2.05) is 0 Å². The number of aliphatic hydroxyl groups is 1. The van der Waals surface area contributed by atoms with Crippen LogP contribution < -0.4 is 0 Å². The van der Waals surface area contributed by atoms with Gasteiger partial charge in [0, 0.05) is 11.8 Å². The van der Waals surface area contributed by atoms with Crippen molar-refractivity contribution in [3.05, 3.63) is 74.6 Å². The van der Waals surface area contributed by atoms with Crippen molar-refractivity contribution in [2.45, 2.75) is 13.8 Å².